The molecule has 5 aromatic heterocycles. The van der Waals surface area contributed by atoms with Gasteiger partial charge in [0.15, 0.2) is 17.5 Å². The van der Waals surface area contributed by atoms with Crippen LogP contribution in [-0.2, 0) is 0 Å². The van der Waals surface area contributed by atoms with Gasteiger partial charge in [-0.05, 0) is 60.7 Å². The molecule has 0 aliphatic rings. The summed E-state index contributed by atoms with van der Waals surface area (Å²) >= 11 is 0. The summed E-state index contributed by atoms with van der Waals surface area (Å²) in [5.41, 5.74) is 8.69. The highest BCUT2D eigenvalue weighted by molar-refractivity contribution is 6.11. The zero-order valence-electron chi connectivity index (χ0n) is 27.0. The van der Waals surface area contributed by atoms with Crippen molar-refractivity contribution in [1.82, 2.24) is 24.5 Å². The molecule has 0 bridgehead atoms. The molecule has 0 radical (unpaired) electrons. The van der Waals surface area contributed by atoms with Crippen LogP contribution in [0.15, 0.2) is 161 Å². The van der Waals surface area contributed by atoms with E-state index in [1.165, 1.54) is 0 Å². The Kier molecular flexibility index (Phi) is 5.83. The first-order valence-corrected chi connectivity index (χ1v) is 16.8. The minimum atomic E-state index is 0.535. The Morgan fingerprint density at radius 1 is 0.431 bits per heavy atom. The molecule has 5 heterocycles. The molecule has 238 valence electrons. The zero-order chi connectivity index (χ0) is 33.5. The van der Waals surface area contributed by atoms with E-state index < -0.39 is 0 Å². The summed E-state index contributed by atoms with van der Waals surface area (Å²) in [5.74, 6) is 1.69. The molecular weight excluding hydrogens is 631 g/mol. The summed E-state index contributed by atoms with van der Waals surface area (Å²) in [5, 5.41) is 6.34. The van der Waals surface area contributed by atoms with Crippen LogP contribution in [-0.4, -0.2) is 24.5 Å². The summed E-state index contributed by atoms with van der Waals surface area (Å²) in [6.07, 6.45) is 1.84. The number of hydrogen-bond donors (Lipinski definition) is 0. The van der Waals surface area contributed by atoms with Crippen LogP contribution in [0.4, 0.5) is 0 Å². The number of fused-ring (bicyclic) bond motifs is 9. The molecule has 6 aromatic carbocycles. The molecule has 51 heavy (non-hydrogen) atoms. The highest BCUT2D eigenvalue weighted by Crippen LogP contribution is 2.39. The molecule has 11 aromatic rings. The van der Waals surface area contributed by atoms with Crippen molar-refractivity contribution in [3.05, 3.63) is 152 Å². The van der Waals surface area contributed by atoms with Gasteiger partial charge in [-0.2, -0.15) is 0 Å². The quantitative estimate of drug-likeness (QED) is 0.188. The minimum Gasteiger partial charge on any atom is -0.456 e. The van der Waals surface area contributed by atoms with Crippen molar-refractivity contribution < 1.29 is 8.83 Å². The van der Waals surface area contributed by atoms with Crippen molar-refractivity contribution in [2.45, 2.75) is 0 Å². The molecular formula is C44H25N5O2. The van der Waals surface area contributed by atoms with E-state index in [0.717, 1.165) is 88.2 Å². The van der Waals surface area contributed by atoms with Crippen molar-refractivity contribution >= 4 is 65.8 Å². The highest BCUT2D eigenvalue weighted by atomic mass is 16.3. The molecule has 0 amide bonds. The molecule has 7 nitrogen and oxygen atoms in total. The summed E-state index contributed by atoms with van der Waals surface area (Å²) in [7, 11) is 0. The molecule has 0 N–H and O–H groups in total. The van der Waals surface area contributed by atoms with E-state index in [0.29, 0.717) is 17.5 Å². The van der Waals surface area contributed by atoms with E-state index in [1.807, 2.05) is 85.1 Å². The molecule has 0 fully saturated rings. The third-order valence-corrected chi connectivity index (χ3v) is 9.72. The van der Waals surface area contributed by atoms with Gasteiger partial charge in [0.25, 0.3) is 0 Å². The normalized spacial score (nSPS) is 11.9. The first-order valence-electron chi connectivity index (χ1n) is 16.8. The average molecular weight is 656 g/mol. The number of para-hydroxylation sites is 3. The van der Waals surface area contributed by atoms with E-state index in [2.05, 4.69) is 71.3 Å². The molecule has 0 spiro atoms. The van der Waals surface area contributed by atoms with Crippen molar-refractivity contribution in [3.8, 4) is 39.9 Å². The van der Waals surface area contributed by atoms with Crippen LogP contribution in [0, 0.1) is 0 Å². The van der Waals surface area contributed by atoms with Crippen LogP contribution in [0.5, 0.6) is 0 Å². The van der Waals surface area contributed by atoms with Gasteiger partial charge in [-0.25, -0.2) is 19.9 Å². The Hall–Kier alpha value is -7.12. The third kappa shape index (κ3) is 4.25. The Balaban J connectivity index is 1.11. The fourth-order valence-electron chi connectivity index (χ4n) is 7.37. The van der Waals surface area contributed by atoms with Crippen molar-refractivity contribution in [2.24, 2.45) is 0 Å². The van der Waals surface area contributed by atoms with Crippen LogP contribution in [0.25, 0.3) is 106 Å². The number of hydrogen-bond acceptors (Lipinski definition) is 6. The number of aromatic nitrogens is 5. The lowest BCUT2D eigenvalue weighted by molar-refractivity contribution is 0.669. The summed E-state index contributed by atoms with van der Waals surface area (Å²) in [6.45, 7) is 0. The molecule has 0 saturated heterocycles. The van der Waals surface area contributed by atoms with E-state index in [-0.39, 0.29) is 0 Å². The van der Waals surface area contributed by atoms with Gasteiger partial charge < -0.3 is 8.83 Å². The predicted molar refractivity (Wildman–Crippen MR) is 203 cm³/mol. The predicted octanol–water partition coefficient (Wildman–Crippen LogP) is 11.2. The summed E-state index contributed by atoms with van der Waals surface area (Å²) < 4.78 is 15.0. The monoisotopic (exact) mass is 655 g/mol. The maximum absolute atomic E-state index is 6.74. The van der Waals surface area contributed by atoms with Gasteiger partial charge in [0.05, 0.1) is 16.8 Å². The van der Waals surface area contributed by atoms with Gasteiger partial charge in [-0.1, -0.05) is 78.9 Å². The minimum absolute atomic E-state index is 0.535. The van der Waals surface area contributed by atoms with Crippen LogP contribution in [0.3, 0.4) is 0 Å². The lowest BCUT2D eigenvalue weighted by atomic mass is 10.1. The number of pyridine rings is 1. The molecule has 0 aliphatic carbocycles. The topological polar surface area (TPSA) is 82.8 Å². The second-order valence-corrected chi connectivity index (χ2v) is 12.7. The molecule has 0 atom stereocenters. The van der Waals surface area contributed by atoms with Crippen LogP contribution >= 0.6 is 0 Å². The lowest BCUT2D eigenvalue weighted by Crippen LogP contribution is -2.00. The largest absolute Gasteiger partial charge is 0.456 e. The summed E-state index contributed by atoms with van der Waals surface area (Å²) in [6, 6.07) is 49.2. The summed E-state index contributed by atoms with van der Waals surface area (Å²) in [4.78, 5) is 19.9. The van der Waals surface area contributed by atoms with Gasteiger partial charge in [-0.3, -0.25) is 4.57 Å². The van der Waals surface area contributed by atoms with Gasteiger partial charge in [0.1, 0.15) is 28.0 Å². The second-order valence-electron chi connectivity index (χ2n) is 12.7. The van der Waals surface area contributed by atoms with Gasteiger partial charge >= 0.3 is 0 Å². The standard InChI is InChI=1S/C44H25N5O2/c1-2-10-26(11-3-1)41-46-42(27-19-22-38-35(24-27)30-13-5-7-18-37(30)50-38)48-43(47-41)34-15-8-14-32-31-21-20-28(25-39(31)51-40(32)34)49-36-17-6-4-12-29(36)33-16-9-23-45-44(33)49/h1-25H. The molecule has 11 rings (SSSR count). The van der Waals surface area contributed by atoms with Gasteiger partial charge in [-0.15, -0.1) is 0 Å². The van der Waals surface area contributed by atoms with E-state index in [9.17, 15) is 0 Å². The Morgan fingerprint density at radius 3 is 2.08 bits per heavy atom. The lowest BCUT2D eigenvalue weighted by Gasteiger charge is -2.09. The maximum atomic E-state index is 6.74. The molecule has 0 unspecified atom stereocenters. The van der Waals surface area contributed by atoms with Crippen LogP contribution in [0.2, 0.25) is 0 Å². The first-order chi connectivity index (χ1) is 25.3. The van der Waals surface area contributed by atoms with Gasteiger partial charge in [0.2, 0.25) is 0 Å². The SMILES string of the molecule is c1ccc(-c2nc(-c3ccc4oc5ccccc5c4c3)nc(-c3cccc4c3oc3cc(-n5c6ccccc6c6cccnc65)ccc34)n2)cc1. The Morgan fingerprint density at radius 2 is 1.16 bits per heavy atom. The molecule has 0 aliphatic heterocycles. The van der Waals surface area contributed by atoms with Gasteiger partial charge in [0, 0.05) is 55.7 Å². The number of benzene rings is 6. The number of nitrogens with zero attached hydrogens (tertiary/aromatic N) is 5. The first kappa shape index (κ1) is 27.8. The fraction of sp³-hybridized carbons (Fsp3) is 0. The van der Waals surface area contributed by atoms with Crippen LogP contribution < -0.4 is 0 Å². The number of furan rings is 2. The molecule has 7 heteroatoms. The molecule has 0 saturated carbocycles. The van der Waals surface area contributed by atoms with Crippen molar-refractivity contribution in [1.29, 1.82) is 0 Å². The van der Waals surface area contributed by atoms with E-state index >= 15 is 0 Å². The average Bonchev–Trinajstić information content (AvgIpc) is 3.87. The maximum Gasteiger partial charge on any atom is 0.167 e. The van der Waals surface area contributed by atoms with Crippen molar-refractivity contribution in [2.75, 3.05) is 0 Å². The smallest absolute Gasteiger partial charge is 0.167 e. The van der Waals surface area contributed by atoms with E-state index in [1.54, 1.807) is 0 Å². The number of rotatable bonds is 4. The third-order valence-electron chi connectivity index (χ3n) is 9.72. The highest BCUT2D eigenvalue weighted by Gasteiger charge is 2.20. The van der Waals surface area contributed by atoms with E-state index in [4.69, 9.17) is 28.8 Å². The zero-order valence-corrected chi connectivity index (χ0v) is 27.0. The Bertz CT molecular complexity index is 3100. The van der Waals surface area contributed by atoms with Crippen molar-refractivity contribution in [3.63, 3.8) is 0 Å². The fourth-order valence-corrected chi connectivity index (χ4v) is 7.37. The second kappa shape index (κ2) is 10.7. The van der Waals surface area contributed by atoms with Crippen LogP contribution in [0.1, 0.15) is 0 Å². The Labute approximate surface area is 290 Å².